The van der Waals surface area contributed by atoms with Crippen molar-refractivity contribution >= 4 is 17.7 Å². The van der Waals surface area contributed by atoms with Gasteiger partial charge in [0, 0.05) is 54.6 Å². The molecule has 1 fully saturated rings. The van der Waals surface area contributed by atoms with Crippen molar-refractivity contribution in [3.63, 3.8) is 0 Å². The number of anilines is 1. The normalized spacial score (nSPS) is 25.7. The number of nitrogens with zero attached hydrogens (tertiary/aromatic N) is 3. The Bertz CT molecular complexity index is 1100. The van der Waals surface area contributed by atoms with Crippen LogP contribution in [0.1, 0.15) is 33.6 Å². The molecular weight excluding hydrogens is 354 g/mol. The van der Waals surface area contributed by atoms with E-state index in [0.29, 0.717) is 25.1 Å². The van der Waals surface area contributed by atoms with Gasteiger partial charge in [-0.3, -0.25) is 9.78 Å². The number of fused-ring (bicyclic) bond motifs is 2. The second-order valence-electron chi connectivity index (χ2n) is 7.91. The van der Waals surface area contributed by atoms with E-state index in [1.54, 1.807) is 18.0 Å². The molecule has 1 aliphatic carbocycles. The molecule has 5 rings (SSSR count). The van der Waals surface area contributed by atoms with E-state index in [2.05, 4.69) is 4.98 Å². The van der Waals surface area contributed by atoms with Crippen LogP contribution in [0.15, 0.2) is 30.6 Å². The van der Waals surface area contributed by atoms with Crippen molar-refractivity contribution < 1.29 is 18.4 Å². The third-order valence-corrected chi connectivity index (χ3v) is 6.45. The molecule has 1 saturated heterocycles. The topological polar surface area (TPSA) is 62.7 Å². The lowest BCUT2D eigenvalue weighted by atomic mass is 9.76. The maximum atomic E-state index is 12.2. The summed E-state index contributed by atoms with van der Waals surface area (Å²) in [6.45, 7) is -2.10. The van der Waals surface area contributed by atoms with Crippen LogP contribution < -0.4 is 4.90 Å². The van der Waals surface area contributed by atoms with Crippen LogP contribution >= 0.6 is 0 Å². The zero-order valence-electron chi connectivity index (χ0n) is 18.7. The first kappa shape index (κ1) is 14.2. The highest BCUT2D eigenvalue weighted by Gasteiger charge is 2.47. The fourth-order valence-corrected chi connectivity index (χ4v) is 4.68. The fourth-order valence-electron chi connectivity index (χ4n) is 4.68. The minimum absolute atomic E-state index is 0.183. The van der Waals surface area contributed by atoms with Crippen LogP contribution in [0.2, 0.25) is 0 Å². The van der Waals surface area contributed by atoms with Crippen molar-refractivity contribution in [3.8, 4) is 11.1 Å². The van der Waals surface area contributed by atoms with E-state index in [1.807, 2.05) is 24.5 Å². The van der Waals surface area contributed by atoms with Crippen molar-refractivity contribution in [2.45, 2.75) is 37.6 Å². The Balaban J connectivity index is 1.52. The number of benzene rings is 1. The Labute approximate surface area is 168 Å². The van der Waals surface area contributed by atoms with Crippen LogP contribution in [-0.2, 0) is 28.8 Å². The molecule has 2 aromatic rings. The van der Waals surface area contributed by atoms with Gasteiger partial charge in [-0.1, -0.05) is 6.07 Å². The number of aryl methyl sites for hydroxylation is 1. The molecule has 0 N–H and O–H groups in total. The molecule has 6 heteroatoms. The summed E-state index contributed by atoms with van der Waals surface area (Å²) in [5.74, 6) is -0.373. The smallest absolute Gasteiger partial charge is 0.410 e. The summed E-state index contributed by atoms with van der Waals surface area (Å²) in [4.78, 5) is 31.3. The third kappa shape index (κ3) is 2.44. The lowest BCUT2D eigenvalue weighted by Gasteiger charge is -2.38. The summed E-state index contributed by atoms with van der Waals surface area (Å²) in [6, 6.07) is 5.58. The number of rotatable bonds is 1. The number of hydrogen-bond donors (Lipinski definition) is 0. The lowest BCUT2D eigenvalue weighted by Crippen LogP contribution is -2.49. The van der Waals surface area contributed by atoms with E-state index >= 15 is 0 Å². The average Bonchev–Trinajstić information content (AvgIpc) is 3.00. The quantitative estimate of drug-likeness (QED) is 0.763. The number of carbonyl (C=O) groups is 2. The number of carbonyl (C=O) groups excluding carboxylic acids is 2. The number of ether oxygens (including phenoxy) is 1. The molecule has 1 spiro atoms. The van der Waals surface area contributed by atoms with Crippen molar-refractivity contribution in [1.29, 1.82) is 0 Å². The molecule has 3 aliphatic rings. The average molecular weight is 380 g/mol. The van der Waals surface area contributed by atoms with E-state index in [9.17, 15) is 9.59 Å². The molecular formula is C22H23N3O3. The standard InChI is InChI=1S/C22H23N3O3/c1-24-19-5-3-14(9-15(19)4-6-20(24)26)18-12-23-11-16-10-22(8-7-17(16)18)13-28-21(27)25(22)2/h3,5,9,11-12H,4,6-8,10,13H2,1-2H3/i1D3. The first-order chi connectivity index (χ1) is 14.7. The molecule has 0 radical (unpaired) electrons. The number of aromatic nitrogens is 1. The molecule has 144 valence electrons. The Morgan fingerprint density at radius 3 is 2.86 bits per heavy atom. The largest absolute Gasteiger partial charge is 0.447 e. The molecule has 2 aliphatic heterocycles. The highest BCUT2D eigenvalue weighted by molar-refractivity contribution is 5.96. The molecule has 0 bridgehead atoms. The molecule has 6 nitrogen and oxygen atoms in total. The summed E-state index contributed by atoms with van der Waals surface area (Å²) < 4.78 is 28.5. The molecule has 1 atom stereocenters. The zero-order chi connectivity index (χ0) is 22.0. The molecule has 2 amide bonds. The highest BCUT2D eigenvalue weighted by atomic mass is 16.6. The van der Waals surface area contributed by atoms with Crippen molar-refractivity contribution in [2.24, 2.45) is 0 Å². The molecule has 0 saturated carbocycles. The Morgan fingerprint density at radius 2 is 2.07 bits per heavy atom. The van der Waals surface area contributed by atoms with Crippen molar-refractivity contribution in [3.05, 3.63) is 47.3 Å². The predicted octanol–water partition coefficient (Wildman–Crippen LogP) is 2.97. The first-order valence-electron chi connectivity index (χ1n) is 11.0. The fraction of sp³-hybridized carbons (Fsp3) is 0.409. The van der Waals surface area contributed by atoms with Gasteiger partial charge >= 0.3 is 6.09 Å². The Kier molecular flexibility index (Phi) is 3.06. The number of pyridine rings is 1. The summed E-state index contributed by atoms with van der Waals surface area (Å²) in [6.07, 6.45) is 6.43. The zero-order valence-corrected chi connectivity index (χ0v) is 15.7. The van der Waals surface area contributed by atoms with Gasteiger partial charge in [0.1, 0.15) is 6.61 Å². The second kappa shape index (κ2) is 6.06. The van der Waals surface area contributed by atoms with Gasteiger partial charge in [-0.25, -0.2) is 4.79 Å². The molecule has 1 aromatic heterocycles. The Morgan fingerprint density at radius 1 is 1.18 bits per heavy atom. The highest BCUT2D eigenvalue weighted by Crippen LogP contribution is 2.40. The van der Waals surface area contributed by atoms with Crippen LogP contribution in [0.5, 0.6) is 0 Å². The van der Waals surface area contributed by atoms with Gasteiger partial charge in [0.25, 0.3) is 0 Å². The maximum absolute atomic E-state index is 12.2. The number of amides is 2. The summed E-state index contributed by atoms with van der Waals surface area (Å²) in [5.41, 5.74) is 5.28. The number of likely N-dealkylation sites (N-methyl/N-ethyl adjacent to an activating group) is 1. The van der Waals surface area contributed by atoms with E-state index in [-0.39, 0.29) is 24.0 Å². The van der Waals surface area contributed by atoms with Gasteiger partial charge in [-0.05, 0) is 53.6 Å². The van der Waals surface area contributed by atoms with Gasteiger partial charge < -0.3 is 14.5 Å². The van der Waals surface area contributed by atoms with Gasteiger partial charge in [0.2, 0.25) is 5.91 Å². The Hall–Kier alpha value is -2.89. The van der Waals surface area contributed by atoms with E-state index in [1.165, 1.54) is 5.56 Å². The van der Waals surface area contributed by atoms with Gasteiger partial charge in [0.05, 0.1) is 5.54 Å². The van der Waals surface area contributed by atoms with E-state index in [0.717, 1.165) is 40.0 Å². The monoisotopic (exact) mass is 380 g/mol. The SMILES string of the molecule is [2H]C([2H])([2H])N1C(=O)CCc2cc(-c3cncc4c3CCC3(COC(=O)N3C)C4)ccc21. The first-order valence-corrected chi connectivity index (χ1v) is 9.52. The summed E-state index contributed by atoms with van der Waals surface area (Å²) in [5, 5.41) is 0. The molecule has 1 aromatic carbocycles. The van der Waals surface area contributed by atoms with Crippen LogP contribution in [0, 0.1) is 0 Å². The third-order valence-electron chi connectivity index (χ3n) is 6.45. The van der Waals surface area contributed by atoms with Gasteiger partial charge in [-0.15, -0.1) is 0 Å². The predicted molar refractivity (Wildman–Crippen MR) is 105 cm³/mol. The molecule has 1 unspecified atom stereocenters. The summed E-state index contributed by atoms with van der Waals surface area (Å²) in [7, 11) is 1.79. The van der Waals surface area contributed by atoms with Crippen LogP contribution in [0.25, 0.3) is 11.1 Å². The second-order valence-corrected chi connectivity index (χ2v) is 7.91. The van der Waals surface area contributed by atoms with Crippen molar-refractivity contribution in [2.75, 3.05) is 25.5 Å². The maximum Gasteiger partial charge on any atom is 0.410 e. The minimum Gasteiger partial charge on any atom is -0.447 e. The lowest BCUT2D eigenvalue weighted by molar-refractivity contribution is -0.118. The molecule has 3 heterocycles. The van der Waals surface area contributed by atoms with Crippen LogP contribution in [-0.4, -0.2) is 48.1 Å². The van der Waals surface area contributed by atoms with E-state index < -0.39 is 6.98 Å². The van der Waals surface area contributed by atoms with E-state index in [4.69, 9.17) is 8.85 Å². The van der Waals surface area contributed by atoms with Crippen LogP contribution in [0.4, 0.5) is 10.5 Å². The summed E-state index contributed by atoms with van der Waals surface area (Å²) >= 11 is 0. The number of hydrogen-bond acceptors (Lipinski definition) is 4. The van der Waals surface area contributed by atoms with Gasteiger partial charge in [-0.2, -0.15) is 0 Å². The van der Waals surface area contributed by atoms with Crippen molar-refractivity contribution in [1.82, 2.24) is 9.88 Å². The van der Waals surface area contributed by atoms with Gasteiger partial charge in [0.15, 0.2) is 0 Å². The molecule has 28 heavy (non-hydrogen) atoms. The minimum atomic E-state index is -2.50. The number of cyclic esters (lactones) is 1. The van der Waals surface area contributed by atoms with Crippen LogP contribution in [0.3, 0.4) is 0 Å².